The zero-order valence-electron chi connectivity index (χ0n) is 14.7. The Morgan fingerprint density at radius 1 is 1.04 bits per heavy atom. The van der Waals surface area contributed by atoms with Crippen LogP contribution >= 0.6 is 11.8 Å². The van der Waals surface area contributed by atoms with Crippen LogP contribution in [0.2, 0.25) is 0 Å². The average molecular weight is 373 g/mol. The third-order valence-electron chi connectivity index (χ3n) is 4.05. The molecular weight excluding hydrogens is 350 g/mol. The van der Waals surface area contributed by atoms with Crippen LogP contribution < -0.4 is 5.32 Å². The van der Waals surface area contributed by atoms with Gasteiger partial charge in [0.15, 0.2) is 0 Å². The smallest absolute Gasteiger partial charge is 0.408 e. The lowest BCUT2D eigenvalue weighted by Crippen LogP contribution is -2.56. The molecule has 0 saturated heterocycles. The van der Waals surface area contributed by atoms with Crippen LogP contribution in [0.1, 0.15) is 17.5 Å². The molecule has 0 bridgehead atoms. The Morgan fingerprint density at radius 3 is 2.15 bits per heavy atom. The highest BCUT2D eigenvalue weighted by Crippen LogP contribution is 2.21. The first-order valence-corrected chi connectivity index (χ1v) is 9.70. The number of nitrogens with one attached hydrogen (secondary N) is 1. The van der Waals surface area contributed by atoms with Gasteiger partial charge >= 0.3 is 12.1 Å². The highest BCUT2D eigenvalue weighted by molar-refractivity contribution is 7.98. The van der Waals surface area contributed by atoms with Gasteiger partial charge in [0, 0.05) is 6.42 Å². The fourth-order valence-electron chi connectivity index (χ4n) is 2.61. The van der Waals surface area contributed by atoms with Crippen molar-refractivity contribution in [3.63, 3.8) is 0 Å². The summed E-state index contributed by atoms with van der Waals surface area (Å²) in [5, 5.41) is 12.5. The summed E-state index contributed by atoms with van der Waals surface area (Å²) in [6, 6.07) is 18.6. The lowest BCUT2D eigenvalue weighted by atomic mass is 9.88. The molecule has 2 N–H and O–H groups in total. The van der Waals surface area contributed by atoms with Crippen molar-refractivity contribution in [2.75, 3.05) is 12.0 Å². The van der Waals surface area contributed by atoms with Crippen LogP contribution in [-0.4, -0.2) is 34.7 Å². The predicted molar refractivity (Wildman–Crippen MR) is 103 cm³/mol. The summed E-state index contributed by atoms with van der Waals surface area (Å²) in [5.41, 5.74) is 0.285. The summed E-state index contributed by atoms with van der Waals surface area (Å²) in [7, 11) is 0. The molecule has 2 rings (SSSR count). The van der Waals surface area contributed by atoms with Gasteiger partial charge in [-0.1, -0.05) is 60.7 Å². The lowest BCUT2D eigenvalue weighted by Gasteiger charge is -2.30. The normalized spacial score (nSPS) is 12.8. The van der Waals surface area contributed by atoms with Crippen LogP contribution in [0.15, 0.2) is 60.7 Å². The van der Waals surface area contributed by atoms with Crippen LogP contribution in [-0.2, 0) is 22.6 Å². The standard InChI is InChI=1S/C20H23NO4S/c1-26-13-12-20(18(22)23,14-16-8-4-2-5-9-16)21-19(24)25-15-17-10-6-3-7-11-17/h2-11H,12-15H2,1H3,(H,21,24)(H,22,23). The number of hydrogen-bond acceptors (Lipinski definition) is 4. The van der Waals surface area contributed by atoms with Gasteiger partial charge in [-0.25, -0.2) is 9.59 Å². The van der Waals surface area contributed by atoms with Crippen LogP contribution in [0.4, 0.5) is 4.79 Å². The van der Waals surface area contributed by atoms with Crippen molar-refractivity contribution in [3.05, 3.63) is 71.8 Å². The van der Waals surface area contributed by atoms with Crippen molar-refractivity contribution >= 4 is 23.8 Å². The molecular formula is C20H23NO4S. The van der Waals surface area contributed by atoms with Gasteiger partial charge in [-0.05, 0) is 29.6 Å². The molecule has 1 atom stereocenters. The molecule has 0 radical (unpaired) electrons. The van der Waals surface area contributed by atoms with E-state index in [9.17, 15) is 14.7 Å². The number of carbonyl (C=O) groups is 2. The number of alkyl carbamates (subject to hydrolysis) is 1. The maximum absolute atomic E-state index is 12.3. The van der Waals surface area contributed by atoms with Gasteiger partial charge in [-0.2, -0.15) is 11.8 Å². The van der Waals surface area contributed by atoms with Gasteiger partial charge in [0.2, 0.25) is 0 Å². The Bertz CT molecular complexity index is 708. The highest BCUT2D eigenvalue weighted by Gasteiger charge is 2.40. The first-order chi connectivity index (χ1) is 12.6. The number of amides is 1. The molecule has 6 heteroatoms. The third kappa shape index (κ3) is 5.81. The second-order valence-electron chi connectivity index (χ2n) is 5.98. The maximum Gasteiger partial charge on any atom is 0.408 e. The zero-order valence-corrected chi connectivity index (χ0v) is 15.5. The van der Waals surface area contributed by atoms with E-state index in [0.717, 1.165) is 11.1 Å². The van der Waals surface area contributed by atoms with Crippen molar-refractivity contribution in [2.45, 2.75) is 25.0 Å². The molecule has 0 aliphatic heterocycles. The second kappa shape index (κ2) is 9.87. The molecule has 0 aliphatic rings. The number of rotatable bonds is 9. The average Bonchev–Trinajstić information content (AvgIpc) is 2.66. The fraction of sp³-hybridized carbons (Fsp3) is 0.300. The van der Waals surface area contributed by atoms with Crippen molar-refractivity contribution in [1.29, 1.82) is 0 Å². The number of aliphatic carboxylic acids is 1. The van der Waals surface area contributed by atoms with Gasteiger partial charge < -0.3 is 15.2 Å². The first-order valence-electron chi connectivity index (χ1n) is 8.31. The lowest BCUT2D eigenvalue weighted by molar-refractivity contribution is -0.144. The highest BCUT2D eigenvalue weighted by atomic mass is 32.2. The van der Waals surface area contributed by atoms with Crippen molar-refractivity contribution in [1.82, 2.24) is 5.32 Å². The summed E-state index contributed by atoms with van der Waals surface area (Å²) in [5.74, 6) is -0.454. The molecule has 138 valence electrons. The molecule has 0 aliphatic carbocycles. The fourth-order valence-corrected chi connectivity index (χ4v) is 3.16. The molecule has 1 amide bonds. The Kier molecular flexibility index (Phi) is 7.53. The second-order valence-corrected chi connectivity index (χ2v) is 6.96. The SMILES string of the molecule is CSCCC(Cc1ccccc1)(NC(=O)OCc1ccccc1)C(=O)O. The summed E-state index contributed by atoms with van der Waals surface area (Å²) in [6.07, 6.45) is 1.68. The molecule has 5 nitrogen and oxygen atoms in total. The largest absolute Gasteiger partial charge is 0.479 e. The van der Waals surface area contributed by atoms with Crippen molar-refractivity contribution in [3.8, 4) is 0 Å². The quantitative estimate of drug-likeness (QED) is 0.700. The monoisotopic (exact) mass is 373 g/mol. The minimum atomic E-state index is -1.40. The van der Waals surface area contributed by atoms with Crippen LogP contribution in [0, 0.1) is 0 Å². The van der Waals surface area contributed by atoms with Crippen LogP contribution in [0.5, 0.6) is 0 Å². The molecule has 0 heterocycles. The van der Waals surface area contributed by atoms with E-state index in [4.69, 9.17) is 4.74 Å². The summed E-state index contributed by atoms with van der Waals surface area (Å²) < 4.78 is 5.23. The predicted octanol–water partition coefficient (Wildman–Crippen LogP) is 3.73. The minimum absolute atomic E-state index is 0.0935. The zero-order chi connectivity index (χ0) is 18.8. The topological polar surface area (TPSA) is 75.6 Å². The molecule has 0 fully saturated rings. The molecule has 26 heavy (non-hydrogen) atoms. The molecule has 0 aromatic heterocycles. The van der Waals surface area contributed by atoms with E-state index in [-0.39, 0.29) is 13.0 Å². The van der Waals surface area contributed by atoms with Gasteiger partial charge in [0.05, 0.1) is 0 Å². The molecule has 0 saturated carbocycles. The van der Waals surface area contributed by atoms with E-state index >= 15 is 0 Å². The Labute approximate surface area is 157 Å². The number of carboxylic acid groups (broad SMARTS) is 1. The molecule has 1 unspecified atom stereocenters. The van der Waals surface area contributed by atoms with Crippen LogP contribution in [0.25, 0.3) is 0 Å². The maximum atomic E-state index is 12.3. The van der Waals surface area contributed by atoms with E-state index in [0.29, 0.717) is 12.2 Å². The summed E-state index contributed by atoms with van der Waals surface area (Å²) >= 11 is 1.54. The van der Waals surface area contributed by atoms with Gasteiger partial charge in [-0.15, -0.1) is 0 Å². The van der Waals surface area contributed by atoms with E-state index in [2.05, 4.69) is 5.32 Å². The Balaban J connectivity index is 2.11. The van der Waals surface area contributed by atoms with E-state index < -0.39 is 17.6 Å². The number of ether oxygens (including phenoxy) is 1. The minimum Gasteiger partial charge on any atom is -0.479 e. The van der Waals surface area contributed by atoms with Gasteiger partial charge in [-0.3, -0.25) is 0 Å². The van der Waals surface area contributed by atoms with Gasteiger partial charge in [0.25, 0.3) is 0 Å². The first kappa shape index (κ1) is 19.8. The molecule has 0 spiro atoms. The molecule has 2 aromatic rings. The number of hydrogen-bond donors (Lipinski definition) is 2. The van der Waals surface area contributed by atoms with Gasteiger partial charge in [0.1, 0.15) is 12.1 Å². The van der Waals surface area contributed by atoms with Crippen molar-refractivity contribution in [2.24, 2.45) is 0 Å². The number of carboxylic acids is 1. The Hall–Kier alpha value is -2.47. The molecule has 2 aromatic carbocycles. The van der Waals surface area contributed by atoms with Crippen LogP contribution in [0.3, 0.4) is 0 Å². The van der Waals surface area contributed by atoms with E-state index in [1.807, 2.05) is 66.9 Å². The van der Waals surface area contributed by atoms with E-state index in [1.165, 1.54) is 11.8 Å². The Morgan fingerprint density at radius 2 is 1.62 bits per heavy atom. The van der Waals surface area contributed by atoms with Crippen molar-refractivity contribution < 1.29 is 19.4 Å². The third-order valence-corrected chi connectivity index (χ3v) is 4.66. The number of thioether (sulfide) groups is 1. The summed E-state index contributed by atoms with van der Waals surface area (Å²) in [4.78, 5) is 24.3. The summed E-state index contributed by atoms with van der Waals surface area (Å²) in [6.45, 7) is 0.0935. The number of carbonyl (C=O) groups excluding carboxylic acids is 1. The van der Waals surface area contributed by atoms with E-state index in [1.54, 1.807) is 0 Å². The number of benzene rings is 2.